The minimum atomic E-state index is -0.0777. The molecule has 0 amide bonds. The summed E-state index contributed by atoms with van der Waals surface area (Å²) in [5, 5.41) is 0.582. The van der Waals surface area contributed by atoms with Crippen LogP contribution >= 0.6 is 11.6 Å². The Bertz CT molecular complexity index is 732. The number of fused-ring (bicyclic) bond motifs is 1. The van der Waals surface area contributed by atoms with Crippen molar-refractivity contribution in [3.63, 3.8) is 0 Å². The summed E-state index contributed by atoms with van der Waals surface area (Å²) in [6.07, 6.45) is 3.99. The Labute approximate surface area is 149 Å². The van der Waals surface area contributed by atoms with Crippen molar-refractivity contribution in [2.45, 2.75) is 52.4 Å². The topological polar surface area (TPSA) is 25.4 Å². The highest BCUT2D eigenvalue weighted by Gasteiger charge is 2.35. The minimum absolute atomic E-state index is 0.0777. The molecule has 128 valence electrons. The van der Waals surface area contributed by atoms with Gasteiger partial charge in [-0.15, -0.1) is 0 Å². The van der Waals surface area contributed by atoms with E-state index in [4.69, 9.17) is 16.3 Å². The molecule has 2 aromatic rings. The number of benzene rings is 1. The molecule has 4 heteroatoms. The first-order valence-electron chi connectivity index (χ1n) is 8.58. The van der Waals surface area contributed by atoms with Gasteiger partial charge in [0.2, 0.25) is 0 Å². The number of hydrogen-bond acceptors (Lipinski definition) is 3. The van der Waals surface area contributed by atoms with Crippen molar-refractivity contribution < 1.29 is 4.74 Å². The van der Waals surface area contributed by atoms with Gasteiger partial charge in [-0.1, -0.05) is 43.1 Å². The molecule has 0 saturated heterocycles. The quantitative estimate of drug-likeness (QED) is 0.695. The fourth-order valence-corrected chi connectivity index (χ4v) is 3.86. The van der Waals surface area contributed by atoms with E-state index in [1.54, 1.807) is 13.3 Å². The van der Waals surface area contributed by atoms with Crippen molar-refractivity contribution in [2.75, 3.05) is 7.11 Å². The number of methoxy groups -OCH3 is 1. The average Bonchev–Trinajstić information content (AvgIpc) is 2.96. The van der Waals surface area contributed by atoms with E-state index in [1.807, 2.05) is 6.07 Å². The predicted molar refractivity (Wildman–Crippen MR) is 98.1 cm³/mol. The van der Waals surface area contributed by atoms with Gasteiger partial charge in [-0.25, -0.2) is 4.98 Å². The molecule has 2 heterocycles. The van der Waals surface area contributed by atoms with Crippen molar-refractivity contribution >= 4 is 11.6 Å². The highest BCUT2D eigenvalue weighted by molar-refractivity contribution is 6.30. The number of hydrogen-bond donors (Lipinski definition) is 0. The Morgan fingerprint density at radius 1 is 1.38 bits per heavy atom. The van der Waals surface area contributed by atoms with Gasteiger partial charge >= 0.3 is 0 Å². The van der Waals surface area contributed by atoms with E-state index < -0.39 is 0 Å². The predicted octanol–water partition coefficient (Wildman–Crippen LogP) is 5.22. The standard InChI is InChI=1S/C20H25ClN2O/c1-5-6-15-7-8-16(11-13(15)2)14(3)23-12-18-17(20(23)24-4)9-10-22-19(18)21/h7-11,14,20H,5-6,12H2,1-4H3. The van der Waals surface area contributed by atoms with Crippen molar-refractivity contribution in [1.82, 2.24) is 9.88 Å². The Morgan fingerprint density at radius 2 is 2.17 bits per heavy atom. The van der Waals surface area contributed by atoms with E-state index in [0.29, 0.717) is 5.15 Å². The summed E-state index contributed by atoms with van der Waals surface area (Å²) < 4.78 is 5.78. The average molecular weight is 345 g/mol. The second kappa shape index (κ2) is 7.22. The molecular formula is C20H25ClN2O. The Balaban J connectivity index is 1.89. The highest BCUT2D eigenvalue weighted by Crippen LogP contribution is 2.42. The fourth-order valence-electron chi connectivity index (χ4n) is 3.64. The maximum Gasteiger partial charge on any atom is 0.137 e. The van der Waals surface area contributed by atoms with E-state index in [9.17, 15) is 0 Å². The van der Waals surface area contributed by atoms with Gasteiger partial charge in [-0.2, -0.15) is 0 Å². The van der Waals surface area contributed by atoms with Crippen LogP contribution in [0.25, 0.3) is 0 Å². The van der Waals surface area contributed by atoms with Gasteiger partial charge in [0.05, 0.1) is 0 Å². The SMILES string of the molecule is CCCc1ccc(C(C)N2Cc3c(ccnc3Cl)C2OC)cc1C. The summed E-state index contributed by atoms with van der Waals surface area (Å²) in [5.41, 5.74) is 6.33. The van der Waals surface area contributed by atoms with Crippen LogP contribution in [0.2, 0.25) is 5.15 Å². The molecule has 1 aromatic carbocycles. The minimum Gasteiger partial charge on any atom is -0.362 e. The molecule has 0 aliphatic carbocycles. The molecule has 0 bridgehead atoms. The maximum absolute atomic E-state index is 6.30. The molecule has 0 N–H and O–H groups in total. The maximum atomic E-state index is 6.30. The molecular weight excluding hydrogens is 320 g/mol. The van der Waals surface area contributed by atoms with Crippen LogP contribution in [0.4, 0.5) is 0 Å². The summed E-state index contributed by atoms with van der Waals surface area (Å²) in [4.78, 5) is 6.56. The molecule has 0 fully saturated rings. The largest absolute Gasteiger partial charge is 0.362 e. The van der Waals surface area contributed by atoms with Crippen molar-refractivity contribution in [3.8, 4) is 0 Å². The van der Waals surface area contributed by atoms with Gasteiger partial charge in [-0.05, 0) is 43.0 Å². The summed E-state index contributed by atoms with van der Waals surface area (Å²) >= 11 is 6.30. The van der Waals surface area contributed by atoms with E-state index in [0.717, 1.165) is 24.1 Å². The number of pyridine rings is 1. The summed E-state index contributed by atoms with van der Waals surface area (Å²) in [7, 11) is 1.75. The first-order chi connectivity index (χ1) is 11.6. The molecule has 1 aliphatic heterocycles. The van der Waals surface area contributed by atoms with Gasteiger partial charge in [0.1, 0.15) is 11.4 Å². The van der Waals surface area contributed by atoms with Gasteiger partial charge < -0.3 is 4.74 Å². The Morgan fingerprint density at radius 3 is 2.83 bits per heavy atom. The van der Waals surface area contributed by atoms with Gasteiger partial charge in [0, 0.05) is 37.0 Å². The fraction of sp³-hybridized carbons (Fsp3) is 0.450. The lowest BCUT2D eigenvalue weighted by atomic mass is 9.98. The van der Waals surface area contributed by atoms with E-state index in [-0.39, 0.29) is 12.3 Å². The number of aryl methyl sites for hydroxylation is 2. The summed E-state index contributed by atoms with van der Waals surface area (Å²) in [5.74, 6) is 0. The number of halogens is 1. The molecule has 1 aromatic heterocycles. The Kier molecular flexibility index (Phi) is 5.24. The highest BCUT2D eigenvalue weighted by atomic mass is 35.5. The molecule has 0 radical (unpaired) electrons. The van der Waals surface area contributed by atoms with Crippen LogP contribution in [0.1, 0.15) is 60.4 Å². The molecule has 1 aliphatic rings. The lowest BCUT2D eigenvalue weighted by molar-refractivity contribution is -0.0463. The van der Waals surface area contributed by atoms with Crippen LogP contribution in [-0.2, 0) is 17.7 Å². The first kappa shape index (κ1) is 17.4. The second-order valence-corrected chi connectivity index (χ2v) is 6.90. The third-order valence-electron chi connectivity index (χ3n) is 5.04. The van der Waals surface area contributed by atoms with Crippen LogP contribution in [0.15, 0.2) is 30.5 Å². The lowest BCUT2D eigenvalue weighted by Crippen LogP contribution is -2.26. The molecule has 3 nitrogen and oxygen atoms in total. The lowest BCUT2D eigenvalue weighted by Gasteiger charge is -2.30. The van der Waals surface area contributed by atoms with E-state index >= 15 is 0 Å². The number of rotatable bonds is 5. The smallest absolute Gasteiger partial charge is 0.137 e. The van der Waals surface area contributed by atoms with Gasteiger partial charge in [0.15, 0.2) is 0 Å². The molecule has 2 unspecified atom stereocenters. The molecule has 24 heavy (non-hydrogen) atoms. The monoisotopic (exact) mass is 344 g/mol. The van der Waals surface area contributed by atoms with Gasteiger partial charge in [-0.3, -0.25) is 4.90 Å². The van der Waals surface area contributed by atoms with Crippen molar-refractivity contribution in [3.05, 3.63) is 63.4 Å². The van der Waals surface area contributed by atoms with E-state index in [2.05, 4.69) is 48.9 Å². The number of aromatic nitrogens is 1. The van der Waals surface area contributed by atoms with Crippen molar-refractivity contribution in [2.24, 2.45) is 0 Å². The van der Waals surface area contributed by atoms with Crippen LogP contribution in [0.5, 0.6) is 0 Å². The molecule has 3 rings (SSSR count). The van der Waals surface area contributed by atoms with Crippen LogP contribution < -0.4 is 0 Å². The van der Waals surface area contributed by atoms with Crippen molar-refractivity contribution in [1.29, 1.82) is 0 Å². The summed E-state index contributed by atoms with van der Waals surface area (Å²) in [6.45, 7) is 7.41. The first-order valence-corrected chi connectivity index (χ1v) is 8.95. The second-order valence-electron chi connectivity index (χ2n) is 6.54. The molecule has 0 saturated carbocycles. The zero-order valence-corrected chi connectivity index (χ0v) is 15.6. The zero-order chi connectivity index (χ0) is 17.3. The third kappa shape index (κ3) is 3.08. The molecule has 2 atom stereocenters. The normalized spacial score (nSPS) is 18.6. The third-order valence-corrected chi connectivity index (χ3v) is 5.36. The van der Waals surface area contributed by atoms with Crippen LogP contribution in [0, 0.1) is 6.92 Å². The Hall–Kier alpha value is -1.42. The summed E-state index contributed by atoms with van der Waals surface area (Å²) in [6, 6.07) is 9.08. The van der Waals surface area contributed by atoms with Gasteiger partial charge in [0.25, 0.3) is 0 Å². The number of nitrogens with zero attached hydrogens (tertiary/aromatic N) is 2. The van der Waals surface area contributed by atoms with E-state index in [1.165, 1.54) is 23.1 Å². The molecule has 0 spiro atoms. The van der Waals surface area contributed by atoms with Crippen LogP contribution in [-0.4, -0.2) is 17.0 Å². The zero-order valence-electron chi connectivity index (χ0n) is 14.8. The number of ether oxygens (including phenoxy) is 1. The van der Waals surface area contributed by atoms with Crippen LogP contribution in [0.3, 0.4) is 0 Å².